The Morgan fingerprint density at radius 3 is 2.19 bits per heavy atom. The predicted molar refractivity (Wildman–Crippen MR) is 153 cm³/mol. The van der Waals surface area contributed by atoms with E-state index < -0.39 is 0 Å². The molecule has 0 saturated heterocycles. The first-order valence-electron chi connectivity index (χ1n) is 14.1. The fourth-order valence-corrected chi connectivity index (χ4v) is 6.55. The van der Waals surface area contributed by atoms with E-state index in [2.05, 4.69) is 78.2 Å². The van der Waals surface area contributed by atoms with Gasteiger partial charge in [-0.25, -0.2) is 0 Å². The number of imidazole rings is 1. The third-order valence-corrected chi connectivity index (χ3v) is 8.38. The van der Waals surface area contributed by atoms with E-state index in [4.69, 9.17) is 4.98 Å². The molecule has 3 aromatic carbocycles. The number of rotatable bonds is 2. The Morgan fingerprint density at radius 1 is 0.757 bits per heavy atom. The number of hydrogen-bond acceptors (Lipinski definition) is 1. The zero-order valence-electron chi connectivity index (χ0n) is 21.9. The summed E-state index contributed by atoms with van der Waals surface area (Å²) in [6.07, 6.45) is 17.7. The SMILES string of the molecule is C1CCCCC1.Cc1cccc(C2CCCCC2)c1-c1cnc2c3[c-]cccc3c3ccccc3n12.[Ir]. The minimum atomic E-state index is 0. The van der Waals surface area contributed by atoms with Gasteiger partial charge in [0.15, 0.2) is 0 Å². The first-order chi connectivity index (χ1) is 17.8. The molecule has 7 rings (SSSR count). The predicted octanol–water partition coefficient (Wildman–Crippen LogP) is 9.80. The van der Waals surface area contributed by atoms with Crippen molar-refractivity contribution in [3.63, 3.8) is 0 Å². The van der Waals surface area contributed by atoms with Crippen molar-refractivity contribution in [3.8, 4) is 11.3 Å². The summed E-state index contributed by atoms with van der Waals surface area (Å²) in [6.45, 7) is 2.25. The smallest absolute Gasteiger partial charge is 0.0639 e. The summed E-state index contributed by atoms with van der Waals surface area (Å²) in [5.41, 5.74) is 7.62. The van der Waals surface area contributed by atoms with Crippen molar-refractivity contribution >= 4 is 27.3 Å². The number of nitrogens with zero attached hydrogens (tertiary/aromatic N) is 2. The number of para-hydroxylation sites is 1. The molecule has 0 atom stereocenters. The van der Waals surface area contributed by atoms with E-state index in [1.807, 2.05) is 6.07 Å². The molecule has 3 heteroatoms. The molecule has 5 aromatic rings. The van der Waals surface area contributed by atoms with Crippen LogP contribution in [0.1, 0.15) is 87.7 Å². The van der Waals surface area contributed by atoms with Gasteiger partial charge in [-0.1, -0.05) is 99.6 Å². The van der Waals surface area contributed by atoms with Crippen LogP contribution in [0.4, 0.5) is 0 Å². The maximum Gasteiger partial charge on any atom is 0.0639 e. The summed E-state index contributed by atoms with van der Waals surface area (Å²) in [5, 5.41) is 3.56. The molecule has 2 saturated carbocycles. The van der Waals surface area contributed by atoms with Gasteiger partial charge in [0.25, 0.3) is 0 Å². The van der Waals surface area contributed by atoms with Crippen molar-refractivity contribution in [1.82, 2.24) is 9.38 Å². The van der Waals surface area contributed by atoms with Gasteiger partial charge in [-0.15, -0.1) is 29.7 Å². The maximum atomic E-state index is 4.93. The van der Waals surface area contributed by atoms with Gasteiger partial charge in [0.1, 0.15) is 0 Å². The number of aryl methyl sites for hydroxylation is 1. The van der Waals surface area contributed by atoms with Gasteiger partial charge in [0, 0.05) is 37.4 Å². The second kappa shape index (κ2) is 11.9. The van der Waals surface area contributed by atoms with Crippen LogP contribution in [-0.4, -0.2) is 9.38 Å². The van der Waals surface area contributed by atoms with Crippen LogP contribution >= 0.6 is 0 Å². The number of pyridine rings is 1. The van der Waals surface area contributed by atoms with E-state index in [1.54, 1.807) is 0 Å². The van der Waals surface area contributed by atoms with Crippen LogP contribution in [-0.2, 0) is 20.1 Å². The fourth-order valence-electron chi connectivity index (χ4n) is 6.55. The fraction of sp³-hybridized carbons (Fsp3) is 0.382. The molecule has 2 fully saturated rings. The molecule has 0 spiro atoms. The molecule has 0 amide bonds. The zero-order chi connectivity index (χ0) is 24.3. The third-order valence-electron chi connectivity index (χ3n) is 8.38. The average molecular weight is 666 g/mol. The van der Waals surface area contributed by atoms with E-state index in [0.29, 0.717) is 5.92 Å². The van der Waals surface area contributed by atoms with Crippen LogP contribution in [0.5, 0.6) is 0 Å². The molecule has 0 aliphatic heterocycles. The zero-order valence-corrected chi connectivity index (χ0v) is 24.3. The van der Waals surface area contributed by atoms with Crippen molar-refractivity contribution < 1.29 is 20.1 Å². The van der Waals surface area contributed by atoms with Crippen molar-refractivity contribution in [1.29, 1.82) is 0 Å². The Morgan fingerprint density at radius 2 is 1.43 bits per heavy atom. The minimum absolute atomic E-state index is 0. The van der Waals surface area contributed by atoms with Gasteiger partial charge in [0.2, 0.25) is 0 Å². The standard InChI is InChI=1S/C28H25N2.C6H12.Ir/c1-19-10-9-16-21(20-11-3-2-4-12-20)27(19)26-18-29-28-24-15-6-5-13-22(24)23-14-7-8-17-25(23)30(26)28;1-2-4-6-5-3-1;/h5-10,13-14,16-18,20H,2-4,11-12H2,1H3;1-6H2;/q-1;;. The van der Waals surface area contributed by atoms with Crippen molar-refractivity contribution in [2.75, 3.05) is 0 Å². The van der Waals surface area contributed by atoms with E-state index in [-0.39, 0.29) is 20.1 Å². The first kappa shape index (κ1) is 26.1. The van der Waals surface area contributed by atoms with Crippen LogP contribution in [0.25, 0.3) is 38.6 Å². The quantitative estimate of drug-likeness (QED) is 0.136. The second-order valence-electron chi connectivity index (χ2n) is 10.8. The van der Waals surface area contributed by atoms with E-state index in [1.165, 1.54) is 109 Å². The molecular weight excluding hydrogens is 629 g/mol. The van der Waals surface area contributed by atoms with E-state index in [0.717, 1.165) is 11.0 Å². The molecule has 37 heavy (non-hydrogen) atoms. The number of hydrogen-bond donors (Lipinski definition) is 0. The van der Waals surface area contributed by atoms with Gasteiger partial charge < -0.3 is 4.40 Å². The minimum Gasteiger partial charge on any atom is -0.333 e. The molecule has 2 heterocycles. The normalized spacial score (nSPS) is 16.4. The van der Waals surface area contributed by atoms with Crippen LogP contribution < -0.4 is 0 Å². The molecule has 1 radical (unpaired) electrons. The summed E-state index contributed by atoms with van der Waals surface area (Å²) < 4.78 is 2.36. The molecule has 0 unspecified atom stereocenters. The van der Waals surface area contributed by atoms with Gasteiger partial charge in [0.05, 0.1) is 11.3 Å². The van der Waals surface area contributed by atoms with Crippen LogP contribution in [0.15, 0.2) is 66.9 Å². The molecule has 2 aliphatic rings. The van der Waals surface area contributed by atoms with Gasteiger partial charge in [-0.2, -0.15) is 0 Å². The molecule has 2 aliphatic carbocycles. The average Bonchev–Trinajstić information content (AvgIpc) is 3.40. The molecule has 0 bridgehead atoms. The topological polar surface area (TPSA) is 17.3 Å². The molecule has 193 valence electrons. The van der Waals surface area contributed by atoms with Crippen molar-refractivity contribution in [2.24, 2.45) is 0 Å². The Kier molecular flexibility index (Phi) is 8.43. The third kappa shape index (κ3) is 5.14. The molecular formula is C34H37IrN2-. The van der Waals surface area contributed by atoms with Crippen LogP contribution in [0.2, 0.25) is 0 Å². The van der Waals surface area contributed by atoms with Crippen molar-refractivity contribution in [2.45, 2.75) is 83.5 Å². The number of aromatic nitrogens is 2. The summed E-state index contributed by atoms with van der Waals surface area (Å²) in [6, 6.07) is 25.2. The first-order valence-corrected chi connectivity index (χ1v) is 14.1. The number of fused-ring (bicyclic) bond motifs is 6. The second-order valence-corrected chi connectivity index (χ2v) is 10.8. The number of benzene rings is 3. The maximum absolute atomic E-state index is 4.93. The Labute approximate surface area is 234 Å². The summed E-state index contributed by atoms with van der Waals surface area (Å²) in [5.74, 6) is 0.650. The largest absolute Gasteiger partial charge is 0.333 e. The molecule has 0 N–H and O–H groups in total. The monoisotopic (exact) mass is 666 g/mol. The Hall–Kier alpha value is -2.48. The van der Waals surface area contributed by atoms with E-state index >= 15 is 0 Å². The van der Waals surface area contributed by atoms with Gasteiger partial charge in [-0.05, 0) is 48.3 Å². The summed E-state index contributed by atoms with van der Waals surface area (Å²) >= 11 is 0. The van der Waals surface area contributed by atoms with Crippen LogP contribution in [0.3, 0.4) is 0 Å². The van der Waals surface area contributed by atoms with Crippen LogP contribution in [0, 0.1) is 13.0 Å². The van der Waals surface area contributed by atoms with Gasteiger partial charge >= 0.3 is 0 Å². The Balaban J connectivity index is 0.000000355. The van der Waals surface area contributed by atoms with Crippen molar-refractivity contribution in [3.05, 3.63) is 84.1 Å². The molecule has 2 nitrogen and oxygen atoms in total. The van der Waals surface area contributed by atoms with E-state index in [9.17, 15) is 0 Å². The summed E-state index contributed by atoms with van der Waals surface area (Å²) in [7, 11) is 0. The Bertz CT molecular complexity index is 1480. The van der Waals surface area contributed by atoms with Gasteiger partial charge in [-0.3, -0.25) is 4.98 Å². The molecule has 2 aromatic heterocycles. The summed E-state index contributed by atoms with van der Waals surface area (Å²) in [4.78, 5) is 4.93.